The highest BCUT2D eigenvalue weighted by Crippen LogP contribution is 2.29. The lowest BCUT2D eigenvalue weighted by molar-refractivity contribution is -0.114. The summed E-state index contributed by atoms with van der Waals surface area (Å²) in [5.74, 6) is -0.927. The molecule has 0 aliphatic heterocycles. The zero-order chi connectivity index (χ0) is 21.6. The van der Waals surface area contributed by atoms with Gasteiger partial charge in [-0.05, 0) is 43.3 Å². The van der Waals surface area contributed by atoms with Gasteiger partial charge < -0.3 is 15.5 Å². The predicted octanol–water partition coefficient (Wildman–Crippen LogP) is 0.732. The van der Waals surface area contributed by atoms with Crippen molar-refractivity contribution in [3.05, 3.63) is 52.8 Å². The van der Waals surface area contributed by atoms with E-state index in [4.69, 9.17) is 9.94 Å². The number of hydrogen-bond donors (Lipinski definition) is 4. The van der Waals surface area contributed by atoms with Crippen LogP contribution in [0.15, 0.2) is 30.3 Å². The van der Waals surface area contributed by atoms with Gasteiger partial charge in [0.25, 0.3) is 5.91 Å². The minimum atomic E-state index is -0.934. The number of aliphatic hydroxyl groups excluding tert-OH is 2. The number of aliphatic hydroxyl groups is 2. The minimum Gasteiger partial charge on any atom is -0.394 e. The van der Waals surface area contributed by atoms with E-state index in [1.807, 2.05) is 6.92 Å². The Morgan fingerprint density at radius 2 is 2.03 bits per heavy atom. The molecule has 0 bridgehead atoms. The summed E-state index contributed by atoms with van der Waals surface area (Å²) in [4.78, 5) is 18.0. The molecular weight excluding hydrogens is 376 g/mol. The van der Waals surface area contributed by atoms with E-state index >= 15 is 0 Å². The number of benzene rings is 2. The van der Waals surface area contributed by atoms with Crippen molar-refractivity contribution < 1.29 is 24.2 Å². The first kappa shape index (κ1) is 22.8. The molecule has 0 fully saturated rings. The predicted molar refractivity (Wildman–Crippen MR) is 113 cm³/mol. The van der Waals surface area contributed by atoms with Gasteiger partial charge in [0.2, 0.25) is 0 Å². The number of hydrogen-bond acceptors (Lipinski definition) is 6. The van der Waals surface area contributed by atoms with Crippen LogP contribution in [-0.2, 0) is 4.84 Å². The van der Waals surface area contributed by atoms with Crippen molar-refractivity contribution in [3.63, 3.8) is 0 Å². The molecule has 0 aliphatic rings. The van der Waals surface area contributed by atoms with Gasteiger partial charge in [0.05, 0.1) is 30.2 Å². The van der Waals surface area contributed by atoms with E-state index in [1.54, 1.807) is 39.0 Å². The Hall–Kier alpha value is -2.46. The Balaban J connectivity index is 2.50. The van der Waals surface area contributed by atoms with Crippen molar-refractivity contribution >= 4 is 30.6 Å². The number of amides is 1. The van der Waals surface area contributed by atoms with Crippen LogP contribution in [0.4, 0.5) is 15.8 Å². The summed E-state index contributed by atoms with van der Waals surface area (Å²) in [6.07, 6.45) is -0.934. The van der Waals surface area contributed by atoms with E-state index in [9.17, 15) is 14.3 Å². The van der Waals surface area contributed by atoms with Crippen LogP contribution >= 0.6 is 0 Å². The molecule has 1 unspecified atom stereocenters. The van der Waals surface area contributed by atoms with Gasteiger partial charge in [0, 0.05) is 12.6 Å². The fourth-order valence-electron chi connectivity index (χ4n) is 2.88. The van der Waals surface area contributed by atoms with E-state index in [1.165, 1.54) is 13.1 Å². The molecular formula is C20H27BFN3O4. The molecule has 2 aromatic rings. The van der Waals surface area contributed by atoms with Gasteiger partial charge in [0.15, 0.2) is 0 Å². The molecule has 1 amide bonds. The first-order valence-electron chi connectivity index (χ1n) is 9.39. The Labute approximate surface area is 170 Å². The van der Waals surface area contributed by atoms with Gasteiger partial charge in [-0.2, -0.15) is 0 Å². The third kappa shape index (κ3) is 5.77. The van der Waals surface area contributed by atoms with Crippen LogP contribution in [0.5, 0.6) is 0 Å². The first-order chi connectivity index (χ1) is 13.8. The molecule has 0 saturated heterocycles. The Morgan fingerprint density at radius 3 is 2.66 bits per heavy atom. The summed E-state index contributed by atoms with van der Waals surface area (Å²) >= 11 is 0. The molecule has 2 rings (SSSR count). The summed E-state index contributed by atoms with van der Waals surface area (Å²) in [6.45, 7) is 3.93. The van der Waals surface area contributed by atoms with Crippen LogP contribution in [-0.4, -0.2) is 55.8 Å². The molecule has 0 heterocycles. The molecule has 29 heavy (non-hydrogen) atoms. The monoisotopic (exact) mass is 403 g/mol. The fraction of sp³-hybridized carbons (Fsp3) is 0.350. The quantitative estimate of drug-likeness (QED) is 0.280. The third-order valence-electron chi connectivity index (χ3n) is 4.38. The summed E-state index contributed by atoms with van der Waals surface area (Å²) in [6, 6.07) is 7.97. The molecule has 156 valence electrons. The molecule has 1 atom stereocenters. The van der Waals surface area contributed by atoms with Crippen molar-refractivity contribution in [2.45, 2.75) is 20.1 Å². The minimum absolute atomic E-state index is 0.0339. The average molecular weight is 403 g/mol. The maximum absolute atomic E-state index is 14.4. The maximum atomic E-state index is 14.4. The Bertz CT molecular complexity index is 866. The maximum Gasteiger partial charge on any atom is 0.279 e. The van der Waals surface area contributed by atoms with Crippen LogP contribution in [0.3, 0.4) is 0 Å². The van der Waals surface area contributed by atoms with Gasteiger partial charge in [-0.25, -0.2) is 9.45 Å². The second-order valence-electron chi connectivity index (χ2n) is 6.68. The second kappa shape index (κ2) is 10.4. The number of anilines is 2. The van der Waals surface area contributed by atoms with E-state index in [-0.39, 0.29) is 24.5 Å². The smallest absolute Gasteiger partial charge is 0.279 e. The molecule has 0 spiro atoms. The summed E-state index contributed by atoms with van der Waals surface area (Å²) in [5, 5.41) is 26.2. The number of nitrogens with zero attached hydrogens (tertiary/aromatic N) is 1. The van der Waals surface area contributed by atoms with Crippen LogP contribution in [0, 0.1) is 12.7 Å². The molecule has 0 aliphatic carbocycles. The van der Waals surface area contributed by atoms with Crippen LogP contribution in [0.2, 0.25) is 0 Å². The molecule has 9 heteroatoms. The van der Waals surface area contributed by atoms with Crippen molar-refractivity contribution in [2.75, 3.05) is 32.1 Å². The normalized spacial score (nSPS) is 11.9. The number of hydroxylamine groups is 2. The number of halogens is 1. The standard InChI is InChI=1S/C20H27BFN3O4/c1-4-23-19(27)14-11-18(24-17-6-5-13(21)10-16(17)22)15(9-12(14)2)20(28)25(3)29-8-7-26/h5-6,9-11,19,23-24,26-27H,4,7-8,21H2,1-3H3. The molecule has 7 nitrogen and oxygen atoms in total. The summed E-state index contributed by atoms with van der Waals surface area (Å²) in [7, 11) is 3.22. The summed E-state index contributed by atoms with van der Waals surface area (Å²) in [5.41, 5.74) is 2.81. The van der Waals surface area contributed by atoms with Crippen LogP contribution < -0.4 is 16.1 Å². The Kier molecular flexibility index (Phi) is 8.15. The van der Waals surface area contributed by atoms with Gasteiger partial charge in [-0.15, -0.1) is 0 Å². The van der Waals surface area contributed by atoms with E-state index in [0.717, 1.165) is 10.5 Å². The highest BCUT2D eigenvalue weighted by atomic mass is 19.1. The largest absolute Gasteiger partial charge is 0.394 e. The summed E-state index contributed by atoms with van der Waals surface area (Å²) < 4.78 is 14.4. The lowest BCUT2D eigenvalue weighted by atomic mass is 9.96. The molecule has 0 saturated carbocycles. The van der Waals surface area contributed by atoms with Crippen LogP contribution in [0.25, 0.3) is 0 Å². The zero-order valence-electron chi connectivity index (χ0n) is 17.1. The SMILES string of the molecule is Bc1ccc(Nc2cc(C(O)NCC)c(C)cc2C(=O)N(C)OCCO)c(F)c1. The van der Waals surface area contributed by atoms with Gasteiger partial charge >= 0.3 is 0 Å². The molecule has 4 N–H and O–H groups in total. The van der Waals surface area contributed by atoms with E-state index < -0.39 is 18.0 Å². The third-order valence-corrected chi connectivity index (χ3v) is 4.38. The second-order valence-corrected chi connectivity index (χ2v) is 6.68. The number of carbonyl (C=O) groups is 1. The lowest BCUT2D eigenvalue weighted by Crippen LogP contribution is -2.29. The number of nitrogens with one attached hydrogen (secondary N) is 2. The zero-order valence-corrected chi connectivity index (χ0v) is 17.1. The van der Waals surface area contributed by atoms with Gasteiger partial charge in [-0.1, -0.05) is 18.5 Å². The molecule has 0 aromatic heterocycles. The van der Waals surface area contributed by atoms with E-state index in [2.05, 4.69) is 10.6 Å². The molecule has 0 radical (unpaired) electrons. The van der Waals surface area contributed by atoms with Crippen molar-refractivity contribution in [1.29, 1.82) is 0 Å². The highest BCUT2D eigenvalue weighted by Gasteiger charge is 2.21. The number of aryl methyl sites for hydroxylation is 1. The van der Waals surface area contributed by atoms with Crippen molar-refractivity contribution in [1.82, 2.24) is 10.4 Å². The van der Waals surface area contributed by atoms with E-state index in [0.29, 0.717) is 23.4 Å². The Morgan fingerprint density at radius 1 is 1.31 bits per heavy atom. The topological polar surface area (TPSA) is 94.1 Å². The lowest BCUT2D eigenvalue weighted by Gasteiger charge is -2.22. The molecule has 2 aromatic carbocycles. The number of rotatable bonds is 9. The van der Waals surface area contributed by atoms with Gasteiger partial charge in [0.1, 0.15) is 19.9 Å². The van der Waals surface area contributed by atoms with Crippen molar-refractivity contribution in [2.24, 2.45) is 0 Å². The number of carbonyl (C=O) groups excluding carboxylic acids is 1. The van der Waals surface area contributed by atoms with Crippen LogP contribution in [0.1, 0.15) is 34.6 Å². The van der Waals surface area contributed by atoms with Gasteiger partial charge in [-0.3, -0.25) is 14.9 Å². The van der Waals surface area contributed by atoms with Crippen molar-refractivity contribution in [3.8, 4) is 0 Å². The highest BCUT2D eigenvalue weighted by molar-refractivity contribution is 6.32. The fourth-order valence-corrected chi connectivity index (χ4v) is 2.88. The average Bonchev–Trinajstić information content (AvgIpc) is 2.68. The first-order valence-corrected chi connectivity index (χ1v) is 9.39.